The Balaban J connectivity index is 2.19. The molecular weight excluding hydrogens is 238 g/mol. The predicted octanol–water partition coefficient (Wildman–Crippen LogP) is 2.33. The maximum absolute atomic E-state index is 13.7. The van der Waals surface area contributed by atoms with Crippen LogP contribution in [0.25, 0.3) is 5.69 Å². The van der Waals surface area contributed by atoms with Gasteiger partial charge in [-0.15, -0.1) is 0 Å². The summed E-state index contributed by atoms with van der Waals surface area (Å²) in [5, 5.41) is 0. The topological polar surface area (TPSA) is 26.9 Å². The first-order valence-corrected chi connectivity index (χ1v) is 5.82. The van der Waals surface area contributed by atoms with Crippen LogP contribution in [0.15, 0.2) is 29.1 Å². The van der Waals surface area contributed by atoms with Gasteiger partial charge in [0.05, 0.1) is 0 Å². The van der Waals surface area contributed by atoms with Crippen LogP contribution in [0.5, 0.6) is 0 Å². The molecule has 18 heavy (non-hydrogen) atoms. The fourth-order valence-electron chi connectivity index (χ4n) is 2.24. The Bertz CT molecular complexity index is 668. The van der Waals surface area contributed by atoms with Gasteiger partial charge >= 0.3 is 0 Å². The van der Waals surface area contributed by atoms with E-state index in [9.17, 15) is 13.6 Å². The molecule has 1 aliphatic rings. The largest absolute Gasteiger partial charge is 0.285 e. The molecule has 5 heteroatoms. The van der Waals surface area contributed by atoms with Gasteiger partial charge in [-0.05, 0) is 25.0 Å². The van der Waals surface area contributed by atoms with Crippen molar-refractivity contribution in [2.45, 2.75) is 18.8 Å². The summed E-state index contributed by atoms with van der Waals surface area (Å²) in [4.78, 5) is 11.9. The lowest BCUT2D eigenvalue weighted by Crippen LogP contribution is -2.20. The number of hydrogen-bond donors (Lipinski definition) is 0. The highest BCUT2D eigenvalue weighted by atomic mass is 19.1. The van der Waals surface area contributed by atoms with Crippen LogP contribution in [0.4, 0.5) is 8.78 Å². The third-order valence-electron chi connectivity index (χ3n) is 3.29. The minimum atomic E-state index is -0.736. The maximum atomic E-state index is 13.7. The monoisotopic (exact) mass is 250 g/mol. The van der Waals surface area contributed by atoms with Crippen molar-refractivity contribution in [3.8, 4) is 5.69 Å². The van der Waals surface area contributed by atoms with Crippen LogP contribution in [-0.4, -0.2) is 9.36 Å². The molecule has 0 N–H and O–H groups in total. The lowest BCUT2D eigenvalue weighted by atomic mass is 10.3. The third kappa shape index (κ3) is 1.66. The zero-order valence-corrected chi connectivity index (χ0v) is 9.86. The summed E-state index contributed by atoms with van der Waals surface area (Å²) in [7, 11) is 1.72. The van der Waals surface area contributed by atoms with E-state index in [1.165, 1.54) is 16.8 Å². The van der Waals surface area contributed by atoms with Crippen LogP contribution >= 0.6 is 0 Å². The van der Waals surface area contributed by atoms with Gasteiger partial charge in [-0.25, -0.2) is 13.5 Å². The first-order valence-electron chi connectivity index (χ1n) is 5.82. The van der Waals surface area contributed by atoms with E-state index in [2.05, 4.69) is 0 Å². The minimum Gasteiger partial charge on any atom is -0.285 e. The second-order valence-electron chi connectivity index (χ2n) is 4.61. The van der Waals surface area contributed by atoms with E-state index in [0.717, 1.165) is 30.7 Å². The van der Waals surface area contributed by atoms with E-state index in [1.807, 2.05) is 0 Å². The molecule has 94 valence electrons. The van der Waals surface area contributed by atoms with Crippen molar-refractivity contribution in [3.63, 3.8) is 0 Å². The molecule has 0 radical (unpaired) electrons. The molecule has 0 spiro atoms. The van der Waals surface area contributed by atoms with E-state index < -0.39 is 11.6 Å². The molecule has 0 saturated heterocycles. The highest BCUT2D eigenvalue weighted by Crippen LogP contribution is 2.39. The molecule has 1 saturated carbocycles. The summed E-state index contributed by atoms with van der Waals surface area (Å²) in [5.74, 6) is -0.992. The van der Waals surface area contributed by atoms with Crippen molar-refractivity contribution < 1.29 is 8.78 Å². The molecule has 3 rings (SSSR count). The van der Waals surface area contributed by atoms with Gasteiger partial charge in [-0.1, -0.05) is 0 Å². The zero-order chi connectivity index (χ0) is 12.9. The van der Waals surface area contributed by atoms with Crippen LogP contribution in [0.3, 0.4) is 0 Å². The molecule has 1 aromatic carbocycles. The highest BCUT2D eigenvalue weighted by Gasteiger charge is 2.28. The number of nitrogens with zero attached hydrogens (tertiary/aromatic N) is 2. The first-order chi connectivity index (χ1) is 8.58. The summed E-state index contributed by atoms with van der Waals surface area (Å²) in [5.41, 5.74) is 0.699. The van der Waals surface area contributed by atoms with Crippen LogP contribution < -0.4 is 5.56 Å². The van der Waals surface area contributed by atoms with E-state index in [1.54, 1.807) is 11.7 Å². The van der Waals surface area contributed by atoms with Gasteiger partial charge < -0.3 is 0 Å². The molecule has 0 amide bonds. The number of benzene rings is 1. The summed E-state index contributed by atoms with van der Waals surface area (Å²) in [6.07, 6.45) is 2.12. The van der Waals surface area contributed by atoms with Crippen molar-refractivity contribution in [2.24, 2.45) is 7.05 Å². The third-order valence-corrected chi connectivity index (χ3v) is 3.29. The molecular formula is C13H12F2N2O. The second-order valence-corrected chi connectivity index (χ2v) is 4.61. The standard InChI is InChI=1S/C13H12F2N2O/c1-16-12(8-2-3-8)7-13(18)17(16)11-5-4-9(14)6-10(11)15/h4-8H,2-3H2,1H3. The van der Waals surface area contributed by atoms with Crippen LogP contribution in [0, 0.1) is 11.6 Å². The first kappa shape index (κ1) is 11.2. The molecule has 1 heterocycles. The molecule has 1 fully saturated rings. The quantitative estimate of drug-likeness (QED) is 0.803. The summed E-state index contributed by atoms with van der Waals surface area (Å²) in [6, 6.07) is 4.74. The van der Waals surface area contributed by atoms with Gasteiger partial charge in [0.2, 0.25) is 0 Å². The lowest BCUT2D eigenvalue weighted by molar-refractivity contribution is 0.547. The van der Waals surface area contributed by atoms with E-state index in [4.69, 9.17) is 0 Å². The summed E-state index contributed by atoms with van der Waals surface area (Å²) in [6.45, 7) is 0. The van der Waals surface area contributed by atoms with Crippen molar-refractivity contribution in [2.75, 3.05) is 0 Å². The predicted molar refractivity (Wildman–Crippen MR) is 62.9 cm³/mol. The Labute approximate surface area is 102 Å². The van der Waals surface area contributed by atoms with Gasteiger partial charge in [0.25, 0.3) is 5.56 Å². The number of hydrogen-bond acceptors (Lipinski definition) is 1. The minimum absolute atomic E-state index is 0.0794. The molecule has 0 atom stereocenters. The van der Waals surface area contributed by atoms with Gasteiger partial charge in [0.1, 0.15) is 11.5 Å². The highest BCUT2D eigenvalue weighted by molar-refractivity contribution is 5.34. The normalized spacial score (nSPS) is 15.1. The van der Waals surface area contributed by atoms with E-state index in [-0.39, 0.29) is 11.2 Å². The van der Waals surface area contributed by atoms with Crippen LogP contribution in [0.2, 0.25) is 0 Å². The molecule has 0 aliphatic heterocycles. The number of aromatic nitrogens is 2. The zero-order valence-electron chi connectivity index (χ0n) is 9.86. The molecule has 3 nitrogen and oxygen atoms in total. The second kappa shape index (κ2) is 3.80. The number of halogens is 2. The van der Waals surface area contributed by atoms with Crippen molar-refractivity contribution >= 4 is 0 Å². The number of rotatable bonds is 2. The fourth-order valence-corrected chi connectivity index (χ4v) is 2.24. The van der Waals surface area contributed by atoms with Gasteiger partial charge in [0.15, 0.2) is 5.82 Å². The van der Waals surface area contributed by atoms with Crippen molar-refractivity contribution in [3.05, 3.63) is 51.9 Å². The Morgan fingerprint density at radius 3 is 2.56 bits per heavy atom. The average Bonchev–Trinajstić information content (AvgIpc) is 3.09. The van der Waals surface area contributed by atoms with E-state index in [0.29, 0.717) is 5.92 Å². The molecule has 0 bridgehead atoms. The Hall–Kier alpha value is -1.91. The Morgan fingerprint density at radius 1 is 1.22 bits per heavy atom. The van der Waals surface area contributed by atoms with Gasteiger partial charge in [-0.2, -0.15) is 0 Å². The molecule has 2 aromatic rings. The molecule has 0 unspecified atom stereocenters. The lowest BCUT2D eigenvalue weighted by Gasteiger charge is -2.10. The SMILES string of the molecule is Cn1c(C2CC2)cc(=O)n1-c1ccc(F)cc1F. The summed E-state index contributed by atoms with van der Waals surface area (Å²) < 4.78 is 29.5. The average molecular weight is 250 g/mol. The Kier molecular flexibility index (Phi) is 2.36. The van der Waals surface area contributed by atoms with Gasteiger partial charge in [0, 0.05) is 30.8 Å². The molecule has 1 aliphatic carbocycles. The van der Waals surface area contributed by atoms with Crippen LogP contribution in [0.1, 0.15) is 24.5 Å². The fraction of sp³-hybridized carbons (Fsp3) is 0.308. The maximum Gasteiger partial charge on any atom is 0.271 e. The molecule has 1 aromatic heterocycles. The Morgan fingerprint density at radius 2 is 1.94 bits per heavy atom. The van der Waals surface area contributed by atoms with E-state index >= 15 is 0 Å². The van der Waals surface area contributed by atoms with Gasteiger partial charge in [-0.3, -0.25) is 9.48 Å². The van der Waals surface area contributed by atoms with Crippen molar-refractivity contribution in [1.29, 1.82) is 0 Å². The smallest absolute Gasteiger partial charge is 0.271 e. The van der Waals surface area contributed by atoms with Crippen LogP contribution in [-0.2, 0) is 7.05 Å². The summed E-state index contributed by atoms with van der Waals surface area (Å²) >= 11 is 0. The van der Waals surface area contributed by atoms with Crippen molar-refractivity contribution in [1.82, 2.24) is 9.36 Å².